The van der Waals surface area contributed by atoms with Crippen molar-refractivity contribution >= 4 is 0 Å². The third kappa shape index (κ3) is 3.03. The summed E-state index contributed by atoms with van der Waals surface area (Å²) in [5, 5.41) is 3.59. The molecule has 18 heavy (non-hydrogen) atoms. The van der Waals surface area contributed by atoms with Crippen LogP contribution in [0.1, 0.15) is 37.7 Å². The Morgan fingerprint density at radius 3 is 2.67 bits per heavy atom. The highest BCUT2D eigenvalue weighted by Crippen LogP contribution is 2.30. The Hall–Kier alpha value is -1.06. The summed E-state index contributed by atoms with van der Waals surface area (Å²) < 4.78 is 5.21. The lowest BCUT2D eigenvalue weighted by Crippen LogP contribution is -2.49. The molecular formula is C15H24N2O. The van der Waals surface area contributed by atoms with E-state index >= 15 is 0 Å². The third-order valence-corrected chi connectivity index (χ3v) is 3.83. The van der Waals surface area contributed by atoms with Gasteiger partial charge in [0, 0.05) is 24.5 Å². The van der Waals surface area contributed by atoms with Gasteiger partial charge in [0.2, 0.25) is 0 Å². The van der Waals surface area contributed by atoms with Gasteiger partial charge in [-0.05, 0) is 30.5 Å². The molecule has 3 atom stereocenters. The Labute approximate surface area is 110 Å². The summed E-state index contributed by atoms with van der Waals surface area (Å²) in [4.78, 5) is 0. The van der Waals surface area contributed by atoms with Crippen LogP contribution in [0.25, 0.3) is 0 Å². The second-order valence-corrected chi connectivity index (χ2v) is 5.18. The molecule has 0 aromatic heterocycles. The van der Waals surface area contributed by atoms with Crippen molar-refractivity contribution in [1.82, 2.24) is 5.32 Å². The molecule has 0 radical (unpaired) electrons. The monoisotopic (exact) mass is 248 g/mol. The molecule has 3 unspecified atom stereocenters. The van der Waals surface area contributed by atoms with Crippen LogP contribution in [0.15, 0.2) is 24.3 Å². The highest BCUT2D eigenvalue weighted by molar-refractivity contribution is 5.30. The summed E-state index contributed by atoms with van der Waals surface area (Å²) in [6, 6.07) is 9.25. The van der Waals surface area contributed by atoms with Gasteiger partial charge in [-0.3, -0.25) is 0 Å². The Bertz CT molecular complexity index is 363. The van der Waals surface area contributed by atoms with Crippen LogP contribution in [0.3, 0.4) is 0 Å². The zero-order valence-corrected chi connectivity index (χ0v) is 11.4. The molecule has 3 N–H and O–H groups in total. The quantitative estimate of drug-likeness (QED) is 0.859. The molecule has 2 rings (SSSR count). The van der Waals surface area contributed by atoms with Gasteiger partial charge < -0.3 is 15.8 Å². The molecule has 1 heterocycles. The molecule has 0 amide bonds. The van der Waals surface area contributed by atoms with Crippen LogP contribution in [-0.2, 0) is 0 Å². The Kier molecular flexibility index (Phi) is 4.61. The number of hydrogen-bond acceptors (Lipinski definition) is 3. The van der Waals surface area contributed by atoms with Crippen LogP contribution in [0.5, 0.6) is 5.75 Å². The standard InChI is InChI=1S/C15H24N2O/c1-3-4-15-14(9-12(16)10-17-15)11-5-7-13(18-2)8-6-11/h5-8,12,14-15,17H,3-4,9-10,16H2,1-2H3. The maximum atomic E-state index is 6.09. The first kappa shape index (κ1) is 13.4. The molecular weight excluding hydrogens is 224 g/mol. The maximum absolute atomic E-state index is 6.09. The van der Waals surface area contributed by atoms with Crippen molar-refractivity contribution in [3.8, 4) is 5.75 Å². The van der Waals surface area contributed by atoms with Crippen molar-refractivity contribution in [3.05, 3.63) is 29.8 Å². The molecule has 3 nitrogen and oxygen atoms in total. The minimum Gasteiger partial charge on any atom is -0.497 e. The van der Waals surface area contributed by atoms with Crippen molar-refractivity contribution in [2.45, 2.75) is 44.2 Å². The van der Waals surface area contributed by atoms with Gasteiger partial charge in [0.25, 0.3) is 0 Å². The lowest BCUT2D eigenvalue weighted by molar-refractivity contribution is 0.305. The lowest BCUT2D eigenvalue weighted by atomic mass is 9.81. The van der Waals surface area contributed by atoms with Gasteiger partial charge in [-0.15, -0.1) is 0 Å². The van der Waals surface area contributed by atoms with Gasteiger partial charge in [-0.1, -0.05) is 25.5 Å². The molecule has 100 valence electrons. The third-order valence-electron chi connectivity index (χ3n) is 3.83. The normalized spacial score (nSPS) is 28.1. The summed E-state index contributed by atoms with van der Waals surface area (Å²) >= 11 is 0. The number of benzene rings is 1. The van der Waals surface area contributed by atoms with E-state index in [1.807, 2.05) is 12.1 Å². The Morgan fingerprint density at radius 1 is 1.33 bits per heavy atom. The van der Waals surface area contributed by atoms with Crippen LogP contribution in [0.2, 0.25) is 0 Å². The van der Waals surface area contributed by atoms with Gasteiger partial charge in [-0.25, -0.2) is 0 Å². The fraction of sp³-hybridized carbons (Fsp3) is 0.600. The van der Waals surface area contributed by atoms with Gasteiger partial charge >= 0.3 is 0 Å². The molecule has 0 bridgehead atoms. The van der Waals surface area contributed by atoms with Crippen molar-refractivity contribution < 1.29 is 4.74 Å². The van der Waals surface area contributed by atoms with E-state index in [4.69, 9.17) is 10.5 Å². The number of hydrogen-bond donors (Lipinski definition) is 2. The van der Waals surface area contributed by atoms with E-state index in [2.05, 4.69) is 24.4 Å². The largest absolute Gasteiger partial charge is 0.497 e. The Balaban J connectivity index is 2.15. The number of ether oxygens (including phenoxy) is 1. The van der Waals surface area contributed by atoms with Crippen molar-refractivity contribution in [2.24, 2.45) is 5.73 Å². The molecule has 0 saturated carbocycles. The second-order valence-electron chi connectivity index (χ2n) is 5.18. The summed E-state index contributed by atoms with van der Waals surface area (Å²) in [5.41, 5.74) is 7.46. The molecule has 1 saturated heterocycles. The van der Waals surface area contributed by atoms with Crippen molar-refractivity contribution in [1.29, 1.82) is 0 Å². The van der Waals surface area contributed by atoms with E-state index in [1.165, 1.54) is 18.4 Å². The Morgan fingerprint density at radius 2 is 2.06 bits per heavy atom. The first-order chi connectivity index (χ1) is 8.74. The minimum atomic E-state index is 0.269. The number of nitrogens with two attached hydrogens (primary N) is 1. The van der Waals surface area contributed by atoms with Crippen LogP contribution in [0.4, 0.5) is 0 Å². The molecule has 0 spiro atoms. The number of methoxy groups -OCH3 is 1. The van der Waals surface area contributed by atoms with Crippen LogP contribution in [0, 0.1) is 0 Å². The SMILES string of the molecule is CCCC1NCC(N)CC1c1ccc(OC)cc1. The van der Waals surface area contributed by atoms with Gasteiger partial charge in [0.1, 0.15) is 5.75 Å². The highest BCUT2D eigenvalue weighted by atomic mass is 16.5. The van der Waals surface area contributed by atoms with Crippen molar-refractivity contribution in [2.75, 3.05) is 13.7 Å². The van der Waals surface area contributed by atoms with E-state index in [1.54, 1.807) is 7.11 Å². The molecule has 1 aliphatic rings. The van der Waals surface area contributed by atoms with Gasteiger partial charge in [-0.2, -0.15) is 0 Å². The molecule has 0 aliphatic carbocycles. The smallest absolute Gasteiger partial charge is 0.118 e. The van der Waals surface area contributed by atoms with Crippen LogP contribution >= 0.6 is 0 Å². The fourth-order valence-corrected chi connectivity index (χ4v) is 2.85. The summed E-state index contributed by atoms with van der Waals surface area (Å²) in [6.45, 7) is 3.18. The van der Waals surface area contributed by atoms with E-state index in [-0.39, 0.29) is 6.04 Å². The van der Waals surface area contributed by atoms with E-state index < -0.39 is 0 Å². The zero-order valence-electron chi connectivity index (χ0n) is 11.4. The number of piperidine rings is 1. The van der Waals surface area contributed by atoms with Gasteiger partial charge in [0.15, 0.2) is 0 Å². The first-order valence-corrected chi connectivity index (χ1v) is 6.87. The maximum Gasteiger partial charge on any atom is 0.118 e. The van der Waals surface area contributed by atoms with Crippen LogP contribution in [-0.4, -0.2) is 25.7 Å². The molecule has 1 aliphatic heterocycles. The molecule has 1 fully saturated rings. The summed E-state index contributed by atoms with van der Waals surface area (Å²) in [6.07, 6.45) is 3.49. The summed E-state index contributed by atoms with van der Waals surface area (Å²) in [7, 11) is 1.70. The highest BCUT2D eigenvalue weighted by Gasteiger charge is 2.28. The van der Waals surface area contributed by atoms with Crippen LogP contribution < -0.4 is 15.8 Å². The topological polar surface area (TPSA) is 47.3 Å². The zero-order chi connectivity index (χ0) is 13.0. The predicted molar refractivity (Wildman–Crippen MR) is 75.0 cm³/mol. The fourth-order valence-electron chi connectivity index (χ4n) is 2.85. The second kappa shape index (κ2) is 6.21. The van der Waals surface area contributed by atoms with E-state index in [0.717, 1.165) is 18.7 Å². The lowest BCUT2D eigenvalue weighted by Gasteiger charge is -2.36. The van der Waals surface area contributed by atoms with E-state index in [9.17, 15) is 0 Å². The van der Waals surface area contributed by atoms with Gasteiger partial charge in [0.05, 0.1) is 7.11 Å². The molecule has 1 aromatic carbocycles. The first-order valence-electron chi connectivity index (χ1n) is 6.87. The average Bonchev–Trinajstić information content (AvgIpc) is 2.41. The summed E-state index contributed by atoms with van der Waals surface area (Å²) in [5.74, 6) is 1.44. The minimum absolute atomic E-state index is 0.269. The number of nitrogens with one attached hydrogen (secondary N) is 1. The molecule has 1 aromatic rings. The molecule has 3 heteroatoms. The average molecular weight is 248 g/mol. The van der Waals surface area contributed by atoms with E-state index in [0.29, 0.717) is 12.0 Å². The predicted octanol–water partition coefficient (Wildman–Crippen LogP) is 2.27. The number of rotatable bonds is 4. The van der Waals surface area contributed by atoms with Crippen molar-refractivity contribution in [3.63, 3.8) is 0 Å².